The molecule has 4 heterocycles. The first-order chi connectivity index (χ1) is 12.2. The number of H-pyrrole nitrogens is 1. The summed E-state index contributed by atoms with van der Waals surface area (Å²) in [6.07, 6.45) is 6.96. The second kappa shape index (κ2) is 6.37. The molecular weight excluding hydrogens is 336 g/mol. The van der Waals surface area contributed by atoms with Crippen molar-refractivity contribution < 1.29 is 9.59 Å². The maximum absolute atomic E-state index is 12.4. The first-order valence-electron chi connectivity index (χ1n) is 7.68. The van der Waals surface area contributed by atoms with Crippen molar-refractivity contribution in [2.24, 2.45) is 0 Å². The van der Waals surface area contributed by atoms with Crippen molar-refractivity contribution in [2.75, 3.05) is 5.32 Å². The van der Waals surface area contributed by atoms with Crippen LogP contribution in [0.25, 0.3) is 11.6 Å². The zero-order valence-corrected chi connectivity index (χ0v) is 13.9. The number of carbonyl (C=O) groups excluding carboxylic acids is 2. The van der Waals surface area contributed by atoms with Gasteiger partial charge in [0, 0.05) is 36.4 Å². The Morgan fingerprint density at radius 3 is 2.88 bits per heavy atom. The van der Waals surface area contributed by atoms with Gasteiger partial charge in [-0.05, 0) is 42.0 Å². The molecule has 3 aromatic rings. The van der Waals surface area contributed by atoms with Gasteiger partial charge in [-0.25, -0.2) is 0 Å². The van der Waals surface area contributed by atoms with Gasteiger partial charge in [0.15, 0.2) is 0 Å². The van der Waals surface area contributed by atoms with E-state index in [1.165, 1.54) is 11.3 Å². The topological polar surface area (TPSA) is 86.9 Å². The van der Waals surface area contributed by atoms with E-state index in [9.17, 15) is 9.59 Å². The number of fused-ring (bicyclic) bond motifs is 1. The minimum atomic E-state index is -0.162. The molecule has 124 valence electrons. The van der Waals surface area contributed by atoms with Gasteiger partial charge in [-0.3, -0.25) is 14.6 Å². The number of rotatable bonds is 4. The van der Waals surface area contributed by atoms with Crippen LogP contribution in [0.1, 0.15) is 26.5 Å². The molecule has 1 aliphatic rings. The van der Waals surface area contributed by atoms with Gasteiger partial charge in [0.05, 0.1) is 10.5 Å². The van der Waals surface area contributed by atoms with Crippen LogP contribution < -0.4 is 10.6 Å². The van der Waals surface area contributed by atoms with Crippen molar-refractivity contribution in [3.05, 3.63) is 70.6 Å². The van der Waals surface area contributed by atoms with Crippen LogP contribution in [0.5, 0.6) is 0 Å². The second-order valence-corrected chi connectivity index (χ2v) is 6.58. The Hall–Kier alpha value is -3.19. The van der Waals surface area contributed by atoms with Gasteiger partial charge in [-0.2, -0.15) is 0 Å². The highest BCUT2D eigenvalue weighted by molar-refractivity contribution is 7.18. The predicted molar refractivity (Wildman–Crippen MR) is 97.0 cm³/mol. The first-order valence-corrected chi connectivity index (χ1v) is 8.50. The number of thiophene rings is 1. The Balaban J connectivity index is 1.53. The normalized spacial score (nSPS) is 14.4. The molecule has 0 saturated carbocycles. The van der Waals surface area contributed by atoms with E-state index in [1.54, 1.807) is 30.7 Å². The van der Waals surface area contributed by atoms with Crippen LogP contribution in [-0.4, -0.2) is 21.8 Å². The third-order valence-electron chi connectivity index (χ3n) is 3.84. The van der Waals surface area contributed by atoms with Gasteiger partial charge in [-0.1, -0.05) is 0 Å². The number of aromatic nitrogens is 2. The highest BCUT2D eigenvalue weighted by Crippen LogP contribution is 2.39. The summed E-state index contributed by atoms with van der Waals surface area (Å²) in [5.74, 6) is -0.315. The number of aromatic amines is 1. The van der Waals surface area contributed by atoms with Crippen molar-refractivity contribution in [3.8, 4) is 0 Å². The van der Waals surface area contributed by atoms with E-state index in [0.29, 0.717) is 22.0 Å². The molecule has 6 nitrogen and oxygen atoms in total. The Morgan fingerprint density at radius 1 is 1.28 bits per heavy atom. The van der Waals surface area contributed by atoms with E-state index in [0.717, 1.165) is 16.8 Å². The molecule has 0 fully saturated rings. The average molecular weight is 350 g/mol. The summed E-state index contributed by atoms with van der Waals surface area (Å²) < 4.78 is 0. The average Bonchev–Trinajstić information content (AvgIpc) is 3.33. The van der Waals surface area contributed by atoms with E-state index in [2.05, 4.69) is 20.6 Å². The molecule has 3 N–H and O–H groups in total. The number of anilines is 1. The molecule has 25 heavy (non-hydrogen) atoms. The van der Waals surface area contributed by atoms with Crippen LogP contribution in [-0.2, 0) is 11.3 Å². The smallest absolute Gasteiger partial charge is 0.261 e. The van der Waals surface area contributed by atoms with E-state index in [-0.39, 0.29) is 11.8 Å². The van der Waals surface area contributed by atoms with Crippen LogP contribution in [0.3, 0.4) is 0 Å². The Morgan fingerprint density at radius 2 is 2.12 bits per heavy atom. The first kappa shape index (κ1) is 15.3. The maximum atomic E-state index is 12.4. The quantitative estimate of drug-likeness (QED) is 0.632. The maximum Gasteiger partial charge on any atom is 0.261 e. The monoisotopic (exact) mass is 350 g/mol. The van der Waals surface area contributed by atoms with Crippen molar-refractivity contribution >= 4 is 39.8 Å². The molecule has 1 aliphatic heterocycles. The molecule has 0 aliphatic carbocycles. The lowest BCUT2D eigenvalue weighted by Crippen LogP contribution is -2.21. The summed E-state index contributed by atoms with van der Waals surface area (Å²) in [5, 5.41) is 6.40. The fourth-order valence-electron chi connectivity index (χ4n) is 2.59. The summed E-state index contributed by atoms with van der Waals surface area (Å²) in [6, 6.07) is 9.21. The molecule has 0 unspecified atom stereocenters. The summed E-state index contributed by atoms with van der Waals surface area (Å²) in [7, 11) is 0. The van der Waals surface area contributed by atoms with E-state index in [4.69, 9.17) is 0 Å². The zero-order valence-electron chi connectivity index (χ0n) is 13.1. The minimum absolute atomic E-state index is 0.153. The van der Waals surface area contributed by atoms with Gasteiger partial charge in [0.2, 0.25) is 0 Å². The summed E-state index contributed by atoms with van der Waals surface area (Å²) in [5.41, 5.74) is 3.14. The predicted octanol–water partition coefficient (Wildman–Crippen LogP) is 2.89. The molecule has 0 saturated heterocycles. The lowest BCUT2D eigenvalue weighted by molar-refractivity contribution is -0.110. The Bertz CT molecular complexity index is 958. The molecule has 3 aromatic heterocycles. The van der Waals surface area contributed by atoms with Crippen LogP contribution in [0.2, 0.25) is 0 Å². The number of hydrogen-bond acceptors (Lipinski definition) is 4. The minimum Gasteiger partial charge on any atom is -0.362 e. The van der Waals surface area contributed by atoms with Crippen molar-refractivity contribution in [1.82, 2.24) is 15.3 Å². The molecule has 7 heteroatoms. The number of pyridine rings is 1. The molecule has 4 rings (SSSR count). The number of amides is 2. The third kappa shape index (κ3) is 3.09. The van der Waals surface area contributed by atoms with Gasteiger partial charge in [0.25, 0.3) is 11.8 Å². The van der Waals surface area contributed by atoms with Gasteiger partial charge in [-0.15, -0.1) is 11.3 Å². The molecular formula is C18H14N4O2S. The van der Waals surface area contributed by atoms with Crippen molar-refractivity contribution in [2.45, 2.75) is 6.54 Å². The summed E-state index contributed by atoms with van der Waals surface area (Å²) >= 11 is 1.28. The van der Waals surface area contributed by atoms with Crippen molar-refractivity contribution in [3.63, 3.8) is 0 Å². The number of nitrogens with zero attached hydrogens (tertiary/aromatic N) is 1. The molecule has 0 radical (unpaired) electrons. The Labute approximate surface area is 147 Å². The molecule has 0 atom stereocenters. The highest BCUT2D eigenvalue weighted by atomic mass is 32.1. The fourth-order valence-corrected chi connectivity index (χ4v) is 3.58. The van der Waals surface area contributed by atoms with Crippen LogP contribution in [0, 0.1) is 0 Å². The highest BCUT2D eigenvalue weighted by Gasteiger charge is 2.28. The Kier molecular flexibility index (Phi) is 3.91. The summed E-state index contributed by atoms with van der Waals surface area (Å²) in [6.45, 7) is 0.432. The lowest BCUT2D eigenvalue weighted by atomic mass is 10.1. The standard InChI is InChI=1S/C18H14N4O2S/c23-16-13(8-12-2-1-5-20-12)14-9-15(25-18(14)22-16)17(24)21-10-11-3-6-19-7-4-11/h1-9,20H,10H2,(H,21,24)(H,22,23). The second-order valence-electron chi connectivity index (χ2n) is 5.53. The largest absolute Gasteiger partial charge is 0.362 e. The van der Waals surface area contributed by atoms with E-state index in [1.807, 2.05) is 24.3 Å². The van der Waals surface area contributed by atoms with Crippen LogP contribution >= 0.6 is 11.3 Å². The molecule has 0 bridgehead atoms. The molecule has 0 spiro atoms. The fraction of sp³-hybridized carbons (Fsp3) is 0.0556. The number of nitrogens with one attached hydrogen (secondary N) is 3. The lowest BCUT2D eigenvalue weighted by Gasteiger charge is -2.03. The van der Waals surface area contributed by atoms with Gasteiger partial charge in [0.1, 0.15) is 5.00 Å². The van der Waals surface area contributed by atoms with Crippen LogP contribution in [0.15, 0.2) is 48.9 Å². The van der Waals surface area contributed by atoms with Gasteiger partial charge < -0.3 is 15.6 Å². The van der Waals surface area contributed by atoms with E-state index < -0.39 is 0 Å². The van der Waals surface area contributed by atoms with Crippen LogP contribution in [0.4, 0.5) is 5.00 Å². The summed E-state index contributed by atoms with van der Waals surface area (Å²) in [4.78, 5) is 32.1. The number of hydrogen-bond donors (Lipinski definition) is 3. The molecule has 2 amide bonds. The van der Waals surface area contributed by atoms with Crippen molar-refractivity contribution in [1.29, 1.82) is 0 Å². The van der Waals surface area contributed by atoms with E-state index >= 15 is 0 Å². The number of carbonyl (C=O) groups is 2. The SMILES string of the molecule is O=C1Nc2sc(C(=O)NCc3ccncc3)cc2C1=Cc1ccc[nH]1. The van der Waals surface area contributed by atoms with Gasteiger partial charge >= 0.3 is 0 Å². The third-order valence-corrected chi connectivity index (χ3v) is 4.89. The molecule has 0 aromatic carbocycles. The zero-order chi connectivity index (χ0) is 17.2.